The van der Waals surface area contributed by atoms with Crippen molar-refractivity contribution >= 4 is 11.4 Å². The number of para-hydroxylation sites is 1. The minimum atomic E-state index is 0.475. The van der Waals surface area contributed by atoms with Crippen LogP contribution in [0.1, 0.15) is 25.8 Å². The molecule has 1 aromatic carbocycles. The number of aryl methyl sites for hydroxylation is 1. The minimum Gasteiger partial charge on any atom is -0.397 e. The van der Waals surface area contributed by atoms with Crippen LogP contribution in [0.2, 0.25) is 0 Å². The Morgan fingerprint density at radius 3 is 2.69 bits per heavy atom. The van der Waals surface area contributed by atoms with Crippen molar-refractivity contribution in [2.24, 2.45) is 0 Å². The van der Waals surface area contributed by atoms with Gasteiger partial charge in [0.15, 0.2) is 0 Å². The lowest BCUT2D eigenvalue weighted by Crippen LogP contribution is -2.15. The third-order valence-electron chi connectivity index (χ3n) is 2.31. The summed E-state index contributed by atoms with van der Waals surface area (Å²) >= 11 is 0. The van der Waals surface area contributed by atoms with E-state index in [0.717, 1.165) is 17.8 Å². The van der Waals surface area contributed by atoms with Crippen LogP contribution in [-0.4, -0.2) is 6.04 Å². The van der Waals surface area contributed by atoms with Gasteiger partial charge in [-0.1, -0.05) is 19.1 Å². The Hall–Kier alpha value is -1.18. The van der Waals surface area contributed by atoms with E-state index < -0.39 is 0 Å². The molecule has 0 saturated carbocycles. The first kappa shape index (κ1) is 9.90. The Bertz CT molecular complexity index is 261. The molecule has 0 heterocycles. The maximum Gasteiger partial charge on any atom is 0.0605 e. The van der Waals surface area contributed by atoms with Crippen LogP contribution in [0.5, 0.6) is 0 Å². The van der Waals surface area contributed by atoms with E-state index in [0.29, 0.717) is 6.04 Å². The zero-order valence-electron chi connectivity index (χ0n) is 8.59. The molecule has 3 N–H and O–H groups in total. The van der Waals surface area contributed by atoms with Crippen LogP contribution in [0.15, 0.2) is 18.2 Å². The largest absolute Gasteiger partial charge is 0.397 e. The van der Waals surface area contributed by atoms with E-state index in [1.165, 1.54) is 5.56 Å². The van der Waals surface area contributed by atoms with Crippen LogP contribution in [0, 0.1) is 6.92 Å². The topological polar surface area (TPSA) is 38.0 Å². The summed E-state index contributed by atoms with van der Waals surface area (Å²) in [5, 5.41) is 3.40. The highest BCUT2D eigenvalue weighted by Crippen LogP contribution is 2.23. The minimum absolute atomic E-state index is 0.475. The zero-order valence-corrected chi connectivity index (χ0v) is 8.59. The van der Waals surface area contributed by atoms with Crippen molar-refractivity contribution < 1.29 is 0 Å². The van der Waals surface area contributed by atoms with Gasteiger partial charge >= 0.3 is 0 Å². The summed E-state index contributed by atoms with van der Waals surface area (Å²) in [6.45, 7) is 6.39. The lowest BCUT2D eigenvalue weighted by molar-refractivity contribution is 0.763. The fourth-order valence-electron chi connectivity index (χ4n) is 1.24. The van der Waals surface area contributed by atoms with Crippen molar-refractivity contribution in [2.75, 3.05) is 11.1 Å². The maximum absolute atomic E-state index is 5.86. The zero-order chi connectivity index (χ0) is 9.84. The molecule has 72 valence electrons. The average molecular weight is 178 g/mol. The van der Waals surface area contributed by atoms with Crippen LogP contribution >= 0.6 is 0 Å². The maximum atomic E-state index is 5.86. The molecule has 2 nitrogen and oxygen atoms in total. The predicted molar refractivity (Wildman–Crippen MR) is 59.0 cm³/mol. The molecule has 1 rings (SSSR count). The second-order valence-electron chi connectivity index (χ2n) is 3.49. The van der Waals surface area contributed by atoms with Crippen molar-refractivity contribution in [3.8, 4) is 0 Å². The van der Waals surface area contributed by atoms with E-state index in [9.17, 15) is 0 Å². The number of hydrogen-bond acceptors (Lipinski definition) is 2. The first-order valence-electron chi connectivity index (χ1n) is 4.76. The molecule has 0 fully saturated rings. The Morgan fingerprint density at radius 1 is 1.46 bits per heavy atom. The Kier molecular flexibility index (Phi) is 3.18. The van der Waals surface area contributed by atoms with Crippen molar-refractivity contribution in [2.45, 2.75) is 33.2 Å². The summed E-state index contributed by atoms with van der Waals surface area (Å²) in [5.41, 5.74) is 8.98. The number of anilines is 2. The van der Waals surface area contributed by atoms with Gasteiger partial charge in [-0.2, -0.15) is 0 Å². The lowest BCUT2D eigenvalue weighted by atomic mass is 10.1. The molecule has 0 spiro atoms. The number of rotatable bonds is 3. The molecular formula is C11H18N2. The molecule has 1 aromatic rings. The Labute approximate surface area is 80.1 Å². The Morgan fingerprint density at radius 2 is 2.15 bits per heavy atom. The molecule has 0 radical (unpaired) electrons. The highest BCUT2D eigenvalue weighted by molar-refractivity contribution is 5.70. The summed E-state index contributed by atoms with van der Waals surface area (Å²) in [5.74, 6) is 0. The van der Waals surface area contributed by atoms with E-state index >= 15 is 0 Å². The predicted octanol–water partition coefficient (Wildman–Crippen LogP) is 2.79. The monoisotopic (exact) mass is 178 g/mol. The highest BCUT2D eigenvalue weighted by atomic mass is 14.9. The normalized spacial score (nSPS) is 12.5. The quantitative estimate of drug-likeness (QED) is 0.698. The smallest absolute Gasteiger partial charge is 0.0605 e. The van der Waals surface area contributed by atoms with Crippen molar-refractivity contribution in [3.05, 3.63) is 23.8 Å². The molecule has 0 aliphatic heterocycles. The fourth-order valence-corrected chi connectivity index (χ4v) is 1.24. The van der Waals surface area contributed by atoms with E-state index in [2.05, 4.69) is 32.2 Å². The van der Waals surface area contributed by atoms with Crippen LogP contribution in [0.3, 0.4) is 0 Å². The lowest BCUT2D eigenvalue weighted by Gasteiger charge is -2.16. The number of nitrogens with two attached hydrogens (primary N) is 1. The van der Waals surface area contributed by atoms with Crippen molar-refractivity contribution in [1.82, 2.24) is 0 Å². The number of nitrogen functional groups attached to an aromatic ring is 1. The summed E-state index contributed by atoms with van der Waals surface area (Å²) in [4.78, 5) is 0. The van der Waals surface area contributed by atoms with Gasteiger partial charge in [0.2, 0.25) is 0 Å². The molecule has 2 heteroatoms. The van der Waals surface area contributed by atoms with Gasteiger partial charge in [-0.3, -0.25) is 0 Å². The Balaban J connectivity index is 2.87. The molecule has 0 aliphatic rings. The van der Waals surface area contributed by atoms with Gasteiger partial charge < -0.3 is 11.1 Å². The molecule has 13 heavy (non-hydrogen) atoms. The third-order valence-corrected chi connectivity index (χ3v) is 2.31. The summed E-state index contributed by atoms with van der Waals surface area (Å²) in [6.07, 6.45) is 1.10. The van der Waals surface area contributed by atoms with E-state index in [1.807, 2.05) is 12.1 Å². The van der Waals surface area contributed by atoms with E-state index in [-0.39, 0.29) is 0 Å². The molecular weight excluding hydrogens is 160 g/mol. The number of hydrogen-bond donors (Lipinski definition) is 2. The van der Waals surface area contributed by atoms with Crippen LogP contribution < -0.4 is 11.1 Å². The van der Waals surface area contributed by atoms with Crippen LogP contribution in [0.4, 0.5) is 11.4 Å². The number of nitrogens with one attached hydrogen (secondary N) is 1. The van der Waals surface area contributed by atoms with E-state index in [4.69, 9.17) is 5.73 Å². The molecule has 0 saturated heterocycles. The standard InChI is InChI=1S/C11H18N2/c1-4-9(3)13-11-8(2)6-5-7-10(11)12/h5-7,9,13H,4,12H2,1-3H3. The van der Waals surface area contributed by atoms with Gasteiger partial charge in [0.05, 0.1) is 11.4 Å². The SMILES string of the molecule is CCC(C)Nc1c(C)cccc1N. The van der Waals surface area contributed by atoms with Gasteiger partial charge in [0.1, 0.15) is 0 Å². The van der Waals surface area contributed by atoms with Gasteiger partial charge in [-0.15, -0.1) is 0 Å². The molecule has 0 bridgehead atoms. The van der Waals surface area contributed by atoms with E-state index in [1.54, 1.807) is 0 Å². The number of benzene rings is 1. The molecule has 0 aromatic heterocycles. The second-order valence-corrected chi connectivity index (χ2v) is 3.49. The van der Waals surface area contributed by atoms with Crippen molar-refractivity contribution in [3.63, 3.8) is 0 Å². The summed E-state index contributed by atoms with van der Waals surface area (Å²) < 4.78 is 0. The first-order chi connectivity index (χ1) is 6.15. The van der Waals surface area contributed by atoms with Gasteiger partial charge in [0, 0.05) is 6.04 Å². The second kappa shape index (κ2) is 4.17. The van der Waals surface area contributed by atoms with Crippen LogP contribution in [-0.2, 0) is 0 Å². The highest BCUT2D eigenvalue weighted by Gasteiger charge is 2.04. The molecule has 1 atom stereocenters. The van der Waals surface area contributed by atoms with Gasteiger partial charge in [0.25, 0.3) is 0 Å². The average Bonchev–Trinajstić information content (AvgIpc) is 2.11. The van der Waals surface area contributed by atoms with Crippen LogP contribution in [0.25, 0.3) is 0 Å². The first-order valence-corrected chi connectivity index (χ1v) is 4.76. The fraction of sp³-hybridized carbons (Fsp3) is 0.455. The third kappa shape index (κ3) is 2.38. The summed E-state index contributed by atoms with van der Waals surface area (Å²) in [6, 6.07) is 6.45. The van der Waals surface area contributed by atoms with Crippen molar-refractivity contribution in [1.29, 1.82) is 0 Å². The molecule has 1 unspecified atom stereocenters. The van der Waals surface area contributed by atoms with Gasteiger partial charge in [-0.25, -0.2) is 0 Å². The summed E-state index contributed by atoms with van der Waals surface area (Å²) in [7, 11) is 0. The van der Waals surface area contributed by atoms with Gasteiger partial charge in [-0.05, 0) is 31.9 Å². The molecule has 0 aliphatic carbocycles. The molecule has 0 amide bonds.